The van der Waals surface area contributed by atoms with Gasteiger partial charge in [0.05, 0.1) is 17.7 Å². The van der Waals surface area contributed by atoms with Crippen molar-refractivity contribution in [3.05, 3.63) is 53.7 Å². The van der Waals surface area contributed by atoms with E-state index in [2.05, 4.69) is 4.98 Å². The summed E-state index contributed by atoms with van der Waals surface area (Å²) < 4.78 is 5.27. The lowest BCUT2D eigenvalue weighted by atomic mass is 10.2. The Morgan fingerprint density at radius 3 is 2.74 bits per heavy atom. The van der Waals surface area contributed by atoms with Gasteiger partial charge in [0, 0.05) is 17.5 Å². The van der Waals surface area contributed by atoms with E-state index in [0.29, 0.717) is 0 Å². The minimum atomic E-state index is -0.964. The number of ether oxygens (including phenoxy) is 1. The number of thioether (sulfide) groups is 1. The van der Waals surface area contributed by atoms with Crippen molar-refractivity contribution in [2.45, 2.75) is 10.8 Å². The maximum absolute atomic E-state index is 10.7. The van der Waals surface area contributed by atoms with Gasteiger partial charge in [-0.15, -0.1) is 11.8 Å². The molecule has 98 valence electrons. The summed E-state index contributed by atoms with van der Waals surface area (Å²) in [5, 5.41) is 9.58. The van der Waals surface area contributed by atoms with Gasteiger partial charge in [-0.05, 0) is 18.2 Å². The minimum absolute atomic E-state index is 0.196. The molecule has 0 unspecified atom stereocenters. The molecule has 4 nitrogen and oxygen atoms in total. The van der Waals surface area contributed by atoms with Crippen LogP contribution in [-0.2, 0) is 5.75 Å². The van der Waals surface area contributed by atoms with Gasteiger partial charge in [-0.2, -0.15) is 0 Å². The molecule has 0 fully saturated rings. The van der Waals surface area contributed by atoms with Crippen molar-refractivity contribution < 1.29 is 14.6 Å². The normalized spacial score (nSPS) is 10.2. The van der Waals surface area contributed by atoms with Gasteiger partial charge in [-0.25, -0.2) is 9.78 Å². The van der Waals surface area contributed by atoms with Gasteiger partial charge in [-0.3, -0.25) is 0 Å². The van der Waals surface area contributed by atoms with Crippen LogP contribution < -0.4 is 4.74 Å². The van der Waals surface area contributed by atoms with Crippen LogP contribution in [0.1, 0.15) is 15.9 Å². The summed E-state index contributed by atoms with van der Waals surface area (Å²) >= 11 is 1.54. The van der Waals surface area contributed by atoms with E-state index in [1.807, 2.05) is 24.3 Å². The molecule has 0 spiro atoms. The van der Waals surface area contributed by atoms with Crippen molar-refractivity contribution in [1.29, 1.82) is 0 Å². The maximum atomic E-state index is 10.7. The number of pyridine rings is 1. The largest absolute Gasteiger partial charge is 0.496 e. The Kier molecular flexibility index (Phi) is 4.41. The molecule has 19 heavy (non-hydrogen) atoms. The van der Waals surface area contributed by atoms with Crippen LogP contribution in [0, 0.1) is 0 Å². The lowest BCUT2D eigenvalue weighted by Gasteiger charge is -2.07. The summed E-state index contributed by atoms with van der Waals surface area (Å²) in [6.45, 7) is 0. The number of para-hydroxylation sites is 1. The van der Waals surface area contributed by atoms with E-state index in [9.17, 15) is 4.79 Å². The first kappa shape index (κ1) is 13.4. The second-order valence-corrected chi connectivity index (χ2v) is 4.79. The molecule has 0 bridgehead atoms. The van der Waals surface area contributed by atoms with Gasteiger partial charge in [0.1, 0.15) is 5.75 Å². The molecule has 1 N–H and O–H groups in total. The van der Waals surface area contributed by atoms with Gasteiger partial charge < -0.3 is 9.84 Å². The van der Waals surface area contributed by atoms with Gasteiger partial charge in [0.15, 0.2) is 0 Å². The van der Waals surface area contributed by atoms with Crippen molar-refractivity contribution in [2.24, 2.45) is 0 Å². The number of carbonyl (C=O) groups is 1. The van der Waals surface area contributed by atoms with Crippen LogP contribution in [0.15, 0.2) is 47.6 Å². The molecule has 1 aromatic carbocycles. The van der Waals surface area contributed by atoms with Gasteiger partial charge in [0.25, 0.3) is 0 Å². The number of aromatic carboxylic acids is 1. The van der Waals surface area contributed by atoms with E-state index < -0.39 is 5.97 Å². The molecule has 2 aromatic rings. The first-order valence-electron chi connectivity index (χ1n) is 5.64. The second kappa shape index (κ2) is 6.24. The lowest BCUT2D eigenvalue weighted by molar-refractivity contribution is 0.0696. The highest BCUT2D eigenvalue weighted by Crippen LogP contribution is 2.26. The van der Waals surface area contributed by atoms with Crippen molar-refractivity contribution in [2.75, 3.05) is 7.11 Å². The zero-order valence-corrected chi connectivity index (χ0v) is 11.2. The number of hydrogen-bond donors (Lipinski definition) is 1. The smallest absolute Gasteiger partial charge is 0.337 e. The van der Waals surface area contributed by atoms with Crippen LogP contribution in [0.3, 0.4) is 0 Å². The SMILES string of the molecule is COc1ccccc1CSc1ccc(C(=O)O)cn1. The quantitative estimate of drug-likeness (QED) is 0.850. The number of carboxylic acids is 1. The highest BCUT2D eigenvalue weighted by molar-refractivity contribution is 7.98. The van der Waals surface area contributed by atoms with Gasteiger partial charge in [0.2, 0.25) is 0 Å². The Bertz CT molecular complexity index is 569. The zero-order chi connectivity index (χ0) is 13.7. The standard InChI is InChI=1S/C14H13NO3S/c1-18-12-5-3-2-4-11(12)9-19-13-7-6-10(8-15-13)14(16)17/h2-8H,9H2,1H3,(H,16,17). The van der Waals surface area contributed by atoms with Gasteiger partial charge >= 0.3 is 5.97 Å². The van der Waals surface area contributed by atoms with Gasteiger partial charge in [-0.1, -0.05) is 18.2 Å². The number of rotatable bonds is 5. The molecule has 1 aromatic heterocycles. The summed E-state index contributed by atoms with van der Waals surface area (Å²) in [4.78, 5) is 14.8. The van der Waals surface area contributed by atoms with Crippen LogP contribution in [0.2, 0.25) is 0 Å². The zero-order valence-electron chi connectivity index (χ0n) is 10.4. The lowest BCUT2D eigenvalue weighted by Crippen LogP contribution is -1.96. The third-order valence-corrected chi connectivity index (χ3v) is 3.54. The number of benzene rings is 1. The molecular weight excluding hydrogens is 262 g/mol. The summed E-state index contributed by atoms with van der Waals surface area (Å²) in [6, 6.07) is 11.1. The van der Waals surface area contributed by atoms with Crippen LogP contribution in [0.4, 0.5) is 0 Å². The molecule has 0 aliphatic heterocycles. The summed E-state index contributed by atoms with van der Waals surface area (Å²) in [6.07, 6.45) is 1.37. The van der Waals surface area contributed by atoms with E-state index in [1.165, 1.54) is 18.0 Å². The van der Waals surface area contributed by atoms with E-state index in [-0.39, 0.29) is 5.56 Å². The van der Waals surface area contributed by atoms with Crippen LogP contribution in [0.5, 0.6) is 5.75 Å². The Morgan fingerprint density at radius 1 is 1.32 bits per heavy atom. The Hall–Kier alpha value is -2.01. The van der Waals surface area contributed by atoms with E-state index in [0.717, 1.165) is 22.1 Å². The molecule has 0 aliphatic carbocycles. The third-order valence-electron chi connectivity index (χ3n) is 2.55. The number of hydrogen-bond acceptors (Lipinski definition) is 4. The van der Waals surface area contributed by atoms with Crippen molar-refractivity contribution >= 4 is 17.7 Å². The molecule has 0 aliphatic rings. The molecule has 0 amide bonds. The highest BCUT2D eigenvalue weighted by Gasteiger charge is 2.05. The molecule has 1 heterocycles. The predicted molar refractivity (Wildman–Crippen MR) is 73.8 cm³/mol. The van der Waals surface area contributed by atoms with Crippen molar-refractivity contribution in [1.82, 2.24) is 4.98 Å². The molecule has 0 saturated carbocycles. The molecule has 0 saturated heterocycles. The molecule has 0 radical (unpaired) electrons. The summed E-state index contributed by atoms with van der Waals surface area (Å²) in [5.74, 6) is 0.606. The van der Waals surface area contributed by atoms with Crippen LogP contribution in [-0.4, -0.2) is 23.2 Å². The van der Waals surface area contributed by atoms with Crippen LogP contribution in [0.25, 0.3) is 0 Å². The fourth-order valence-corrected chi connectivity index (χ4v) is 2.40. The van der Waals surface area contributed by atoms with E-state index >= 15 is 0 Å². The fourth-order valence-electron chi connectivity index (χ4n) is 1.57. The highest BCUT2D eigenvalue weighted by atomic mass is 32.2. The topological polar surface area (TPSA) is 59.4 Å². The first-order valence-corrected chi connectivity index (χ1v) is 6.63. The predicted octanol–water partition coefficient (Wildman–Crippen LogP) is 3.08. The minimum Gasteiger partial charge on any atom is -0.496 e. The molecule has 5 heteroatoms. The first-order chi connectivity index (χ1) is 9.20. The van der Waals surface area contributed by atoms with E-state index in [1.54, 1.807) is 19.2 Å². The van der Waals surface area contributed by atoms with Crippen molar-refractivity contribution in [3.8, 4) is 5.75 Å². The number of carboxylic acid groups (broad SMARTS) is 1. The fraction of sp³-hybridized carbons (Fsp3) is 0.143. The maximum Gasteiger partial charge on any atom is 0.337 e. The Labute approximate surface area is 115 Å². The summed E-state index contributed by atoms with van der Waals surface area (Å²) in [5.41, 5.74) is 1.28. The van der Waals surface area contributed by atoms with E-state index in [4.69, 9.17) is 9.84 Å². The molecule has 2 rings (SSSR count). The van der Waals surface area contributed by atoms with Crippen LogP contribution >= 0.6 is 11.8 Å². The number of methoxy groups -OCH3 is 1. The molecule has 0 atom stereocenters. The monoisotopic (exact) mass is 275 g/mol. The number of nitrogens with zero attached hydrogens (tertiary/aromatic N) is 1. The molecular formula is C14H13NO3S. The average molecular weight is 275 g/mol. The summed E-state index contributed by atoms with van der Waals surface area (Å²) in [7, 11) is 1.64. The Morgan fingerprint density at radius 2 is 2.11 bits per heavy atom. The number of aromatic nitrogens is 1. The third kappa shape index (κ3) is 3.48. The van der Waals surface area contributed by atoms with Crippen molar-refractivity contribution in [3.63, 3.8) is 0 Å². The second-order valence-electron chi connectivity index (χ2n) is 3.79. The Balaban J connectivity index is 2.04. The average Bonchev–Trinajstić information content (AvgIpc) is 2.45.